The molecule has 2 heterocycles. The Bertz CT molecular complexity index is 953. The van der Waals surface area contributed by atoms with Crippen molar-refractivity contribution in [3.8, 4) is 10.7 Å². The van der Waals surface area contributed by atoms with E-state index in [1.807, 2.05) is 53.3 Å². The number of primary amides is 1. The van der Waals surface area contributed by atoms with Gasteiger partial charge in [-0.25, -0.2) is 0 Å². The third-order valence-electron chi connectivity index (χ3n) is 4.11. The van der Waals surface area contributed by atoms with Crippen molar-refractivity contribution in [2.24, 2.45) is 5.73 Å². The van der Waals surface area contributed by atoms with E-state index in [4.69, 9.17) is 5.73 Å². The number of benzene rings is 1. The van der Waals surface area contributed by atoms with E-state index >= 15 is 0 Å². The Labute approximate surface area is 171 Å². The van der Waals surface area contributed by atoms with Crippen molar-refractivity contribution in [1.29, 1.82) is 0 Å². The van der Waals surface area contributed by atoms with Crippen molar-refractivity contribution in [2.45, 2.75) is 31.6 Å². The predicted octanol–water partition coefficient (Wildman–Crippen LogP) is 2.60. The quantitative estimate of drug-likeness (QED) is 0.523. The van der Waals surface area contributed by atoms with E-state index in [0.29, 0.717) is 24.1 Å². The molecule has 0 fully saturated rings. The van der Waals surface area contributed by atoms with E-state index in [1.165, 1.54) is 11.8 Å². The predicted molar refractivity (Wildman–Crippen MR) is 111 cm³/mol. The summed E-state index contributed by atoms with van der Waals surface area (Å²) in [6.07, 6.45) is 0.184. The zero-order valence-corrected chi connectivity index (χ0v) is 17.1. The highest BCUT2D eigenvalue weighted by Gasteiger charge is 2.17. The van der Waals surface area contributed by atoms with Crippen LogP contribution in [0.1, 0.15) is 17.5 Å². The fourth-order valence-corrected chi connectivity index (χ4v) is 4.10. The number of hydrogen-bond donors (Lipinski definition) is 2. The van der Waals surface area contributed by atoms with Gasteiger partial charge in [-0.05, 0) is 29.5 Å². The summed E-state index contributed by atoms with van der Waals surface area (Å²) in [7, 11) is 0. The van der Waals surface area contributed by atoms with Gasteiger partial charge in [0.1, 0.15) is 0 Å². The lowest BCUT2D eigenvalue weighted by Gasteiger charge is -2.09. The first-order valence-electron chi connectivity index (χ1n) is 8.74. The van der Waals surface area contributed by atoms with Crippen LogP contribution in [0.3, 0.4) is 0 Å². The molecule has 2 aromatic heterocycles. The zero-order valence-electron chi connectivity index (χ0n) is 15.4. The van der Waals surface area contributed by atoms with Crippen molar-refractivity contribution >= 4 is 34.9 Å². The Hall–Kier alpha value is -2.65. The van der Waals surface area contributed by atoms with Crippen molar-refractivity contribution in [3.63, 3.8) is 0 Å². The van der Waals surface area contributed by atoms with Crippen molar-refractivity contribution in [1.82, 2.24) is 20.1 Å². The molecule has 3 rings (SSSR count). The molecule has 0 atom stereocenters. The number of nitrogens with zero attached hydrogens (tertiary/aromatic N) is 3. The number of hydrogen-bond acceptors (Lipinski definition) is 6. The summed E-state index contributed by atoms with van der Waals surface area (Å²) >= 11 is 2.84. The lowest BCUT2D eigenvalue weighted by atomic mass is 10.1. The van der Waals surface area contributed by atoms with Crippen LogP contribution >= 0.6 is 23.1 Å². The van der Waals surface area contributed by atoms with Gasteiger partial charge in [-0.15, -0.1) is 21.5 Å². The molecule has 1 aromatic carbocycles. The summed E-state index contributed by atoms with van der Waals surface area (Å²) in [4.78, 5) is 24.4. The third kappa shape index (κ3) is 5.20. The van der Waals surface area contributed by atoms with Crippen LogP contribution in [0, 0.1) is 6.92 Å². The summed E-state index contributed by atoms with van der Waals surface area (Å²) in [6, 6.07) is 11.8. The number of rotatable bonds is 9. The van der Waals surface area contributed by atoms with E-state index in [0.717, 1.165) is 16.0 Å². The number of thioether (sulfide) groups is 1. The summed E-state index contributed by atoms with van der Waals surface area (Å²) in [5.41, 5.74) is 7.53. The largest absolute Gasteiger partial charge is 0.370 e. The second kappa shape index (κ2) is 9.52. The first-order valence-corrected chi connectivity index (χ1v) is 10.6. The molecule has 3 N–H and O–H groups in total. The molecule has 0 aliphatic rings. The zero-order chi connectivity index (χ0) is 19.9. The lowest BCUT2D eigenvalue weighted by molar-refractivity contribution is -0.119. The maximum atomic E-state index is 12.3. The van der Waals surface area contributed by atoms with Crippen LogP contribution in [0.4, 0.5) is 0 Å². The van der Waals surface area contributed by atoms with Crippen LogP contribution in [0.15, 0.2) is 46.9 Å². The normalized spacial score (nSPS) is 10.8. The number of nitrogens with one attached hydrogen (secondary N) is 1. The van der Waals surface area contributed by atoms with Gasteiger partial charge in [0.2, 0.25) is 11.8 Å². The van der Waals surface area contributed by atoms with Crippen LogP contribution in [0.25, 0.3) is 10.7 Å². The molecular formula is C19H21N5O2S2. The summed E-state index contributed by atoms with van der Waals surface area (Å²) in [5, 5.41) is 13.9. The van der Waals surface area contributed by atoms with E-state index in [1.54, 1.807) is 11.3 Å². The molecule has 0 bridgehead atoms. The van der Waals surface area contributed by atoms with Crippen LogP contribution < -0.4 is 11.1 Å². The number of nitrogens with two attached hydrogens (primary N) is 1. The van der Waals surface area contributed by atoms with Crippen molar-refractivity contribution in [3.05, 3.63) is 52.9 Å². The van der Waals surface area contributed by atoms with Crippen molar-refractivity contribution in [2.75, 3.05) is 5.75 Å². The molecule has 0 saturated carbocycles. The van der Waals surface area contributed by atoms with E-state index < -0.39 is 5.91 Å². The highest BCUT2D eigenvalue weighted by atomic mass is 32.2. The monoisotopic (exact) mass is 415 g/mol. The summed E-state index contributed by atoms with van der Waals surface area (Å²) in [6.45, 7) is 2.88. The molecule has 0 aliphatic carbocycles. The SMILES string of the molecule is Cc1ccccc1CNC(=O)CSc1nnc(-c2cccs2)n1CCC(N)=O. The minimum atomic E-state index is -0.391. The molecule has 0 spiro atoms. The average molecular weight is 416 g/mol. The second-order valence-electron chi connectivity index (χ2n) is 6.14. The van der Waals surface area contributed by atoms with Gasteiger partial charge < -0.3 is 15.6 Å². The second-order valence-corrected chi connectivity index (χ2v) is 8.03. The molecule has 2 amide bonds. The Morgan fingerprint density at radius 3 is 2.75 bits per heavy atom. The smallest absolute Gasteiger partial charge is 0.230 e. The molecule has 0 aliphatic heterocycles. The maximum Gasteiger partial charge on any atom is 0.230 e. The molecule has 0 saturated heterocycles. The molecule has 7 nitrogen and oxygen atoms in total. The number of aromatic nitrogens is 3. The number of thiophene rings is 1. The highest BCUT2D eigenvalue weighted by Crippen LogP contribution is 2.27. The number of amides is 2. The summed E-state index contributed by atoms with van der Waals surface area (Å²) < 4.78 is 1.84. The highest BCUT2D eigenvalue weighted by molar-refractivity contribution is 7.99. The van der Waals surface area contributed by atoms with Gasteiger partial charge in [-0.1, -0.05) is 42.1 Å². The summed E-state index contributed by atoms with van der Waals surface area (Å²) in [5.74, 6) is 0.414. The Balaban J connectivity index is 1.63. The fourth-order valence-electron chi connectivity index (χ4n) is 2.59. The molecular weight excluding hydrogens is 394 g/mol. The first kappa shape index (κ1) is 20.1. The van der Waals surface area contributed by atoms with Crippen LogP contribution in [-0.4, -0.2) is 32.3 Å². The third-order valence-corrected chi connectivity index (χ3v) is 5.94. The number of aryl methyl sites for hydroxylation is 1. The van der Waals surface area contributed by atoms with E-state index in [-0.39, 0.29) is 18.1 Å². The van der Waals surface area contributed by atoms with Gasteiger partial charge in [0.15, 0.2) is 11.0 Å². The van der Waals surface area contributed by atoms with Gasteiger partial charge in [0.05, 0.1) is 10.6 Å². The molecule has 9 heteroatoms. The standard InChI is InChI=1S/C19H21N5O2S2/c1-13-5-2-3-6-14(13)11-21-17(26)12-28-19-23-22-18(15-7-4-10-27-15)24(19)9-8-16(20)25/h2-7,10H,8-9,11-12H2,1H3,(H2,20,25)(H,21,26). The Morgan fingerprint density at radius 1 is 1.21 bits per heavy atom. The van der Waals surface area contributed by atoms with Crippen molar-refractivity contribution < 1.29 is 9.59 Å². The fraction of sp³-hybridized carbons (Fsp3) is 0.263. The lowest BCUT2D eigenvalue weighted by Crippen LogP contribution is -2.25. The Kier molecular flexibility index (Phi) is 6.83. The van der Waals surface area contributed by atoms with Gasteiger partial charge in [0.25, 0.3) is 0 Å². The van der Waals surface area contributed by atoms with Crippen LogP contribution in [0.5, 0.6) is 0 Å². The minimum absolute atomic E-state index is 0.0876. The van der Waals surface area contributed by atoms with E-state index in [9.17, 15) is 9.59 Å². The maximum absolute atomic E-state index is 12.3. The molecule has 28 heavy (non-hydrogen) atoms. The number of carbonyl (C=O) groups is 2. The van der Waals surface area contributed by atoms with Crippen LogP contribution in [0.2, 0.25) is 0 Å². The molecule has 146 valence electrons. The first-order chi connectivity index (χ1) is 13.5. The van der Waals surface area contributed by atoms with Gasteiger partial charge in [-0.3, -0.25) is 9.59 Å². The Morgan fingerprint density at radius 2 is 2.04 bits per heavy atom. The molecule has 0 radical (unpaired) electrons. The van der Waals surface area contributed by atoms with E-state index in [2.05, 4.69) is 15.5 Å². The number of carbonyl (C=O) groups excluding carboxylic acids is 2. The topological polar surface area (TPSA) is 103 Å². The van der Waals surface area contributed by atoms with Gasteiger partial charge in [0, 0.05) is 19.5 Å². The minimum Gasteiger partial charge on any atom is -0.370 e. The molecule has 0 unspecified atom stereocenters. The van der Waals surface area contributed by atoms with Crippen LogP contribution in [-0.2, 0) is 22.7 Å². The van der Waals surface area contributed by atoms with Gasteiger partial charge >= 0.3 is 0 Å². The van der Waals surface area contributed by atoms with Gasteiger partial charge in [-0.2, -0.15) is 0 Å². The average Bonchev–Trinajstić information content (AvgIpc) is 3.33. The molecule has 3 aromatic rings.